The molecule has 2 heterocycles. The number of aromatic nitrogens is 1. The van der Waals surface area contributed by atoms with Gasteiger partial charge < -0.3 is 0 Å². The molecule has 0 atom stereocenters. The number of pyridine rings is 1. The van der Waals surface area contributed by atoms with Gasteiger partial charge in [0, 0.05) is 28.4 Å². The summed E-state index contributed by atoms with van der Waals surface area (Å²) in [6.45, 7) is 15.3. The number of nitrogens with zero attached hydrogens (tertiary/aromatic N) is 1. The smallest absolute Gasteiger partial charge is 0.198 e. The van der Waals surface area contributed by atoms with Gasteiger partial charge in [0.2, 0.25) is 5.69 Å². The van der Waals surface area contributed by atoms with Gasteiger partial charge in [-0.15, -0.1) is 0 Å². The second-order valence-electron chi connectivity index (χ2n) is 10.7. The number of hydrogen-bond donors (Lipinski definition) is 0. The predicted molar refractivity (Wildman–Crippen MR) is 135 cm³/mol. The molecule has 5 rings (SSSR count). The van der Waals surface area contributed by atoms with Crippen molar-refractivity contribution >= 4 is 0 Å². The second kappa shape index (κ2) is 7.58. The maximum atomic E-state index is 2.59. The van der Waals surface area contributed by atoms with Gasteiger partial charge in [-0.05, 0) is 60.1 Å². The van der Waals surface area contributed by atoms with Gasteiger partial charge in [0.05, 0.1) is 5.56 Å². The Balaban J connectivity index is 1.84. The van der Waals surface area contributed by atoms with E-state index in [0.717, 1.165) is 13.0 Å². The summed E-state index contributed by atoms with van der Waals surface area (Å²) in [7, 11) is 0. The Labute approximate surface area is 194 Å². The van der Waals surface area contributed by atoms with Crippen molar-refractivity contribution in [2.24, 2.45) is 0 Å². The van der Waals surface area contributed by atoms with E-state index in [4.69, 9.17) is 0 Å². The topological polar surface area (TPSA) is 3.88 Å². The zero-order valence-electron chi connectivity index (χ0n) is 20.8. The van der Waals surface area contributed by atoms with Crippen LogP contribution in [0.25, 0.3) is 22.4 Å². The quantitative estimate of drug-likeness (QED) is 0.370. The molecule has 3 aromatic rings. The molecule has 166 valence electrons. The van der Waals surface area contributed by atoms with Crippen LogP contribution in [0.4, 0.5) is 0 Å². The first-order chi connectivity index (χ1) is 15.4. The molecular weight excluding hydrogens is 386 g/mol. The van der Waals surface area contributed by atoms with Gasteiger partial charge in [-0.1, -0.05) is 77.4 Å². The number of aryl methyl sites for hydroxylation is 3. The minimum absolute atomic E-state index is 0.00354. The summed E-state index contributed by atoms with van der Waals surface area (Å²) in [4.78, 5) is 0. The molecule has 0 saturated carbocycles. The van der Waals surface area contributed by atoms with Gasteiger partial charge in [0.1, 0.15) is 6.54 Å². The van der Waals surface area contributed by atoms with E-state index in [1.807, 2.05) is 0 Å². The van der Waals surface area contributed by atoms with Crippen molar-refractivity contribution in [3.8, 4) is 22.4 Å². The summed E-state index contributed by atoms with van der Waals surface area (Å²) in [6.07, 6.45) is 8.36. The van der Waals surface area contributed by atoms with Gasteiger partial charge in [-0.25, -0.2) is 0 Å². The fourth-order valence-corrected chi connectivity index (χ4v) is 6.64. The summed E-state index contributed by atoms with van der Waals surface area (Å²) in [5.41, 5.74) is 13.5. The summed E-state index contributed by atoms with van der Waals surface area (Å²) in [6, 6.07) is 16.8. The summed E-state index contributed by atoms with van der Waals surface area (Å²) in [5.74, 6) is 0. The SMILES string of the molecule is CCCc1ccc(-c2ccc3c4c2C(C)(C)c2cc(C)c[n+](c2-4)CCC3(CC)CC)cc1. The highest BCUT2D eigenvalue weighted by Crippen LogP contribution is 2.56. The molecule has 0 bridgehead atoms. The summed E-state index contributed by atoms with van der Waals surface area (Å²) in [5, 5.41) is 0. The normalized spacial score (nSPS) is 17.2. The van der Waals surface area contributed by atoms with Crippen molar-refractivity contribution in [2.75, 3.05) is 0 Å². The zero-order chi connectivity index (χ0) is 22.7. The van der Waals surface area contributed by atoms with E-state index >= 15 is 0 Å². The molecule has 0 saturated heterocycles. The van der Waals surface area contributed by atoms with E-state index < -0.39 is 0 Å². The fourth-order valence-electron chi connectivity index (χ4n) is 6.64. The molecule has 2 aliphatic rings. The van der Waals surface area contributed by atoms with Crippen LogP contribution in [-0.4, -0.2) is 0 Å². The van der Waals surface area contributed by atoms with Crippen molar-refractivity contribution < 1.29 is 4.57 Å². The lowest BCUT2D eigenvalue weighted by Gasteiger charge is -2.33. The molecule has 0 amide bonds. The van der Waals surface area contributed by atoms with E-state index in [9.17, 15) is 0 Å². The van der Waals surface area contributed by atoms with Gasteiger partial charge in [-0.2, -0.15) is 4.57 Å². The number of benzene rings is 2. The first-order valence-electron chi connectivity index (χ1n) is 12.7. The van der Waals surface area contributed by atoms with Crippen LogP contribution in [0.2, 0.25) is 0 Å². The molecule has 0 spiro atoms. The molecule has 2 aromatic carbocycles. The van der Waals surface area contributed by atoms with Crippen LogP contribution in [0.3, 0.4) is 0 Å². The van der Waals surface area contributed by atoms with Gasteiger partial charge in [0.15, 0.2) is 6.20 Å². The average Bonchev–Trinajstić information content (AvgIpc) is 2.94. The van der Waals surface area contributed by atoms with Crippen LogP contribution in [0, 0.1) is 6.92 Å². The summed E-state index contributed by atoms with van der Waals surface area (Å²) < 4.78 is 2.59. The summed E-state index contributed by atoms with van der Waals surface area (Å²) >= 11 is 0. The zero-order valence-corrected chi connectivity index (χ0v) is 20.8. The Hall–Kier alpha value is -2.41. The van der Waals surface area contributed by atoms with Crippen molar-refractivity contribution in [3.05, 3.63) is 76.5 Å². The van der Waals surface area contributed by atoms with Gasteiger partial charge >= 0.3 is 0 Å². The standard InChI is InChI=1S/C31H38N/c1-7-10-22-11-13-23(14-12-22)24-15-16-25-27-28(24)30(5,6)26-19-21(4)20-32(29(26)27)18-17-31(25,8-2)9-3/h11-16,19-20H,7-10,17-18H2,1-6H3/q+1. The lowest BCUT2D eigenvalue weighted by molar-refractivity contribution is -0.687. The van der Waals surface area contributed by atoms with Crippen LogP contribution in [0.5, 0.6) is 0 Å². The third kappa shape index (κ3) is 2.93. The van der Waals surface area contributed by atoms with E-state index in [-0.39, 0.29) is 10.8 Å². The first kappa shape index (κ1) is 21.4. The number of hydrogen-bond acceptors (Lipinski definition) is 0. The van der Waals surface area contributed by atoms with Crippen LogP contribution >= 0.6 is 0 Å². The monoisotopic (exact) mass is 424 g/mol. The van der Waals surface area contributed by atoms with Gasteiger partial charge in [0.25, 0.3) is 0 Å². The number of rotatable bonds is 5. The molecule has 1 aliphatic carbocycles. The third-order valence-electron chi connectivity index (χ3n) is 8.57. The highest BCUT2D eigenvalue weighted by Gasteiger charge is 2.49. The third-order valence-corrected chi connectivity index (χ3v) is 8.57. The van der Waals surface area contributed by atoms with Crippen molar-refractivity contribution in [1.29, 1.82) is 0 Å². The lowest BCUT2D eigenvalue weighted by Crippen LogP contribution is -2.38. The molecule has 0 N–H and O–H groups in total. The van der Waals surface area contributed by atoms with E-state index in [2.05, 4.69) is 94.8 Å². The van der Waals surface area contributed by atoms with E-state index in [0.29, 0.717) is 0 Å². The Morgan fingerprint density at radius 1 is 0.906 bits per heavy atom. The first-order valence-corrected chi connectivity index (χ1v) is 12.7. The maximum Gasteiger partial charge on any atom is 0.217 e. The van der Waals surface area contributed by atoms with Crippen LogP contribution in [0.15, 0.2) is 48.7 Å². The Morgan fingerprint density at radius 3 is 2.28 bits per heavy atom. The van der Waals surface area contributed by atoms with E-state index in [1.165, 1.54) is 59.2 Å². The lowest BCUT2D eigenvalue weighted by atomic mass is 9.69. The van der Waals surface area contributed by atoms with Crippen LogP contribution in [0.1, 0.15) is 88.1 Å². The van der Waals surface area contributed by atoms with Crippen LogP contribution in [-0.2, 0) is 23.8 Å². The van der Waals surface area contributed by atoms with E-state index in [1.54, 1.807) is 16.7 Å². The molecule has 1 aliphatic heterocycles. The Kier molecular flexibility index (Phi) is 5.08. The van der Waals surface area contributed by atoms with Gasteiger partial charge in [-0.3, -0.25) is 0 Å². The molecule has 0 radical (unpaired) electrons. The largest absolute Gasteiger partial charge is 0.217 e. The highest BCUT2D eigenvalue weighted by molar-refractivity contribution is 5.88. The fraction of sp³-hybridized carbons (Fsp3) is 0.452. The Morgan fingerprint density at radius 2 is 1.62 bits per heavy atom. The second-order valence-corrected chi connectivity index (χ2v) is 10.7. The molecule has 32 heavy (non-hydrogen) atoms. The maximum absolute atomic E-state index is 2.59. The predicted octanol–water partition coefficient (Wildman–Crippen LogP) is 7.67. The van der Waals surface area contributed by atoms with Crippen molar-refractivity contribution in [2.45, 2.75) is 91.0 Å². The van der Waals surface area contributed by atoms with Crippen LogP contribution < -0.4 is 4.57 Å². The Bertz CT molecular complexity index is 1180. The molecule has 1 aromatic heterocycles. The molecule has 0 unspecified atom stereocenters. The van der Waals surface area contributed by atoms with Crippen molar-refractivity contribution in [1.82, 2.24) is 0 Å². The minimum Gasteiger partial charge on any atom is -0.198 e. The molecule has 1 nitrogen and oxygen atoms in total. The molecule has 0 fully saturated rings. The molecular formula is C31H38N+. The highest BCUT2D eigenvalue weighted by atomic mass is 15.0. The average molecular weight is 425 g/mol. The minimum atomic E-state index is -0.00354. The molecule has 1 heteroatoms. The van der Waals surface area contributed by atoms with Crippen molar-refractivity contribution in [3.63, 3.8) is 0 Å².